The van der Waals surface area contributed by atoms with Crippen LogP contribution in [-0.2, 0) is 20.9 Å². The smallest absolute Gasteiger partial charge is 0.307 e. The third-order valence-corrected chi connectivity index (χ3v) is 5.11. The minimum atomic E-state index is -0.902. The predicted molar refractivity (Wildman–Crippen MR) is 89.6 cm³/mol. The molecule has 1 aromatic carbocycles. The molecular formula is C18H24N2O4. The summed E-state index contributed by atoms with van der Waals surface area (Å²) in [5, 5.41) is 12.0. The second-order valence-electron chi connectivity index (χ2n) is 7.19. The number of carboxylic acids is 1. The zero-order valence-electron chi connectivity index (χ0n) is 14.1. The Morgan fingerprint density at radius 2 is 1.83 bits per heavy atom. The Morgan fingerprint density at radius 3 is 2.38 bits per heavy atom. The molecule has 24 heavy (non-hydrogen) atoms. The number of carbonyl (C=O) groups is 2. The first-order chi connectivity index (χ1) is 11.4. The van der Waals surface area contributed by atoms with E-state index >= 15 is 0 Å². The normalized spacial score (nSPS) is 25.9. The fourth-order valence-corrected chi connectivity index (χ4v) is 3.52. The van der Waals surface area contributed by atoms with Gasteiger partial charge < -0.3 is 15.2 Å². The number of hydrogen-bond donors (Lipinski definition) is 2. The maximum absolute atomic E-state index is 12.3. The Labute approximate surface area is 141 Å². The van der Waals surface area contributed by atoms with Gasteiger partial charge in [-0.25, -0.2) is 0 Å². The van der Waals surface area contributed by atoms with Crippen molar-refractivity contribution in [1.29, 1.82) is 0 Å². The summed E-state index contributed by atoms with van der Waals surface area (Å²) in [6, 6.07) is 7.74. The van der Waals surface area contributed by atoms with E-state index in [4.69, 9.17) is 4.74 Å². The number of benzene rings is 1. The van der Waals surface area contributed by atoms with Gasteiger partial charge in [-0.1, -0.05) is 26.0 Å². The van der Waals surface area contributed by atoms with Crippen LogP contribution >= 0.6 is 0 Å². The summed E-state index contributed by atoms with van der Waals surface area (Å²) < 4.78 is 5.34. The van der Waals surface area contributed by atoms with E-state index in [9.17, 15) is 14.7 Å². The maximum Gasteiger partial charge on any atom is 0.307 e. The van der Waals surface area contributed by atoms with Crippen LogP contribution in [-0.4, -0.2) is 48.2 Å². The van der Waals surface area contributed by atoms with Gasteiger partial charge in [-0.2, -0.15) is 0 Å². The molecule has 0 unspecified atom stereocenters. The Bertz CT molecular complexity index is 620. The molecule has 2 N–H and O–H groups in total. The number of nitrogens with one attached hydrogen (secondary N) is 1. The zero-order valence-corrected chi connectivity index (χ0v) is 14.1. The van der Waals surface area contributed by atoms with Gasteiger partial charge in [-0.3, -0.25) is 14.5 Å². The number of aliphatic carboxylic acids is 1. The van der Waals surface area contributed by atoms with Crippen LogP contribution in [0.5, 0.6) is 0 Å². The molecule has 1 saturated heterocycles. The quantitative estimate of drug-likeness (QED) is 0.860. The van der Waals surface area contributed by atoms with Gasteiger partial charge in [0.25, 0.3) is 0 Å². The average Bonchev–Trinajstić information content (AvgIpc) is 3.13. The van der Waals surface area contributed by atoms with Crippen molar-refractivity contribution in [3.8, 4) is 0 Å². The molecule has 2 atom stereocenters. The van der Waals surface area contributed by atoms with E-state index in [-0.39, 0.29) is 5.91 Å². The largest absolute Gasteiger partial charge is 0.481 e. The Morgan fingerprint density at radius 1 is 1.21 bits per heavy atom. The van der Waals surface area contributed by atoms with Gasteiger partial charge in [0.2, 0.25) is 5.91 Å². The van der Waals surface area contributed by atoms with Crippen LogP contribution in [0.15, 0.2) is 24.3 Å². The molecular weight excluding hydrogens is 308 g/mol. The highest BCUT2D eigenvalue weighted by Gasteiger charge is 2.65. The lowest BCUT2D eigenvalue weighted by Gasteiger charge is -2.26. The Hall–Kier alpha value is -1.92. The number of amides is 1. The summed E-state index contributed by atoms with van der Waals surface area (Å²) in [5.41, 5.74) is 1.41. The molecule has 3 rings (SSSR count). The molecule has 1 saturated carbocycles. The summed E-state index contributed by atoms with van der Waals surface area (Å²) in [7, 11) is 0. The molecule has 1 amide bonds. The van der Waals surface area contributed by atoms with E-state index in [1.807, 2.05) is 38.1 Å². The van der Waals surface area contributed by atoms with Gasteiger partial charge in [0, 0.05) is 25.3 Å². The lowest BCUT2D eigenvalue weighted by atomic mass is 10.1. The first kappa shape index (κ1) is 16.9. The molecule has 1 aromatic rings. The van der Waals surface area contributed by atoms with Gasteiger partial charge >= 0.3 is 5.97 Å². The number of carbonyl (C=O) groups excluding carboxylic acids is 1. The molecule has 130 valence electrons. The van der Waals surface area contributed by atoms with Crippen molar-refractivity contribution >= 4 is 17.6 Å². The highest BCUT2D eigenvalue weighted by Crippen LogP contribution is 2.58. The molecule has 1 heterocycles. The van der Waals surface area contributed by atoms with Crippen molar-refractivity contribution in [2.24, 2.45) is 17.3 Å². The number of rotatable bonds is 5. The molecule has 1 aliphatic carbocycles. The molecule has 6 nitrogen and oxygen atoms in total. The van der Waals surface area contributed by atoms with Gasteiger partial charge in [-0.05, 0) is 23.1 Å². The van der Waals surface area contributed by atoms with Crippen molar-refractivity contribution < 1.29 is 19.4 Å². The van der Waals surface area contributed by atoms with E-state index in [1.165, 1.54) is 5.56 Å². The summed E-state index contributed by atoms with van der Waals surface area (Å²) in [4.78, 5) is 25.8. The van der Waals surface area contributed by atoms with Gasteiger partial charge in [0.15, 0.2) is 0 Å². The van der Waals surface area contributed by atoms with Crippen LogP contribution < -0.4 is 5.32 Å². The van der Waals surface area contributed by atoms with Crippen LogP contribution in [0.2, 0.25) is 0 Å². The molecule has 0 spiro atoms. The first-order valence-electron chi connectivity index (χ1n) is 8.32. The van der Waals surface area contributed by atoms with E-state index in [0.717, 1.165) is 32.8 Å². The fraction of sp³-hybridized carbons (Fsp3) is 0.556. The molecule has 0 radical (unpaired) electrons. The summed E-state index contributed by atoms with van der Waals surface area (Å²) in [6.07, 6.45) is 0. The summed E-state index contributed by atoms with van der Waals surface area (Å²) >= 11 is 0. The predicted octanol–water partition coefficient (Wildman–Crippen LogP) is 1.81. The number of carboxylic acid groups (broad SMARTS) is 1. The molecule has 2 aliphatic rings. The minimum absolute atomic E-state index is 0.215. The Kier molecular flexibility index (Phi) is 4.60. The second kappa shape index (κ2) is 6.53. The van der Waals surface area contributed by atoms with Crippen LogP contribution in [0.25, 0.3) is 0 Å². The van der Waals surface area contributed by atoms with Crippen LogP contribution in [0, 0.1) is 17.3 Å². The monoisotopic (exact) mass is 332 g/mol. The van der Waals surface area contributed by atoms with Crippen molar-refractivity contribution in [3.05, 3.63) is 29.8 Å². The molecule has 0 aromatic heterocycles. The van der Waals surface area contributed by atoms with Crippen molar-refractivity contribution in [2.75, 3.05) is 31.6 Å². The number of ether oxygens (including phenoxy) is 1. The van der Waals surface area contributed by atoms with Gasteiger partial charge in [-0.15, -0.1) is 0 Å². The molecule has 1 aliphatic heterocycles. The van der Waals surface area contributed by atoms with E-state index in [2.05, 4.69) is 10.2 Å². The molecule has 2 fully saturated rings. The molecule has 6 heteroatoms. The van der Waals surface area contributed by atoms with Crippen molar-refractivity contribution in [2.45, 2.75) is 20.4 Å². The number of hydrogen-bond acceptors (Lipinski definition) is 4. The fourth-order valence-electron chi connectivity index (χ4n) is 3.52. The van der Waals surface area contributed by atoms with E-state index in [0.29, 0.717) is 5.69 Å². The standard InChI is InChI=1S/C18H24N2O4/c1-18(2)14(15(18)17(22)23)16(21)19-13-5-3-12(4-6-13)11-20-7-9-24-10-8-20/h3-6,14-15H,7-11H2,1-2H3,(H,19,21)(H,22,23)/t14-,15-/m1/s1. The minimum Gasteiger partial charge on any atom is -0.481 e. The second-order valence-corrected chi connectivity index (χ2v) is 7.19. The van der Waals surface area contributed by atoms with E-state index in [1.54, 1.807) is 0 Å². The third-order valence-electron chi connectivity index (χ3n) is 5.11. The van der Waals surface area contributed by atoms with Crippen LogP contribution in [0.4, 0.5) is 5.69 Å². The summed E-state index contributed by atoms with van der Waals surface area (Å²) in [5.74, 6) is -2.18. The van der Waals surface area contributed by atoms with Gasteiger partial charge in [0.05, 0.1) is 25.0 Å². The first-order valence-corrected chi connectivity index (χ1v) is 8.32. The van der Waals surface area contributed by atoms with Crippen molar-refractivity contribution in [1.82, 2.24) is 4.90 Å². The van der Waals surface area contributed by atoms with Crippen molar-refractivity contribution in [3.63, 3.8) is 0 Å². The SMILES string of the molecule is CC1(C)[C@@H](C(=O)O)[C@@H]1C(=O)Nc1ccc(CN2CCOCC2)cc1. The average molecular weight is 332 g/mol. The van der Waals surface area contributed by atoms with Gasteiger partial charge in [0.1, 0.15) is 0 Å². The van der Waals surface area contributed by atoms with Crippen LogP contribution in [0.3, 0.4) is 0 Å². The lowest BCUT2D eigenvalue weighted by molar-refractivity contribution is -0.140. The number of nitrogens with zero attached hydrogens (tertiary/aromatic N) is 1. The number of anilines is 1. The lowest BCUT2D eigenvalue weighted by Crippen LogP contribution is -2.35. The zero-order chi connectivity index (χ0) is 17.3. The Balaban J connectivity index is 1.56. The molecule has 0 bridgehead atoms. The highest BCUT2D eigenvalue weighted by atomic mass is 16.5. The number of morpholine rings is 1. The maximum atomic E-state index is 12.3. The summed E-state index contributed by atoms with van der Waals surface area (Å²) in [6.45, 7) is 7.93. The highest BCUT2D eigenvalue weighted by molar-refractivity contribution is 5.99. The third kappa shape index (κ3) is 3.44. The van der Waals surface area contributed by atoms with Crippen LogP contribution in [0.1, 0.15) is 19.4 Å². The van der Waals surface area contributed by atoms with E-state index < -0.39 is 23.2 Å². The topological polar surface area (TPSA) is 78.9 Å².